The molecule has 0 bridgehead atoms. The molecule has 0 radical (unpaired) electrons. The van der Waals surface area contributed by atoms with Gasteiger partial charge in [-0.25, -0.2) is 0 Å². The molecule has 2 nitrogen and oxygen atoms in total. The van der Waals surface area contributed by atoms with Gasteiger partial charge in [-0.3, -0.25) is 0 Å². The average molecular weight is 218 g/mol. The minimum Gasteiger partial charge on any atom is -0.390 e. The van der Waals surface area contributed by atoms with Gasteiger partial charge in [-0.2, -0.15) is 12.6 Å². The zero-order chi connectivity index (χ0) is 9.84. The fraction of sp³-hybridized carbons (Fsp3) is 0.556. The van der Waals surface area contributed by atoms with Crippen LogP contribution in [0, 0.1) is 6.92 Å². The van der Waals surface area contributed by atoms with E-state index in [2.05, 4.69) is 12.6 Å². The molecular formula is C9H14O2S2. The van der Waals surface area contributed by atoms with Gasteiger partial charge in [-0.05, 0) is 31.2 Å². The van der Waals surface area contributed by atoms with Crippen molar-refractivity contribution in [3.8, 4) is 0 Å². The molecule has 1 aromatic heterocycles. The number of hydrogen-bond donors (Lipinski definition) is 3. The SMILES string of the molecule is Cc1ccc(C(O)C(O)CCS)s1. The van der Waals surface area contributed by atoms with Crippen LogP contribution in [0.4, 0.5) is 0 Å². The minimum atomic E-state index is -0.758. The van der Waals surface area contributed by atoms with Crippen LogP contribution >= 0.6 is 24.0 Å². The van der Waals surface area contributed by atoms with Crippen LogP contribution in [0.1, 0.15) is 22.3 Å². The Hall–Kier alpha value is -0.0300. The summed E-state index contributed by atoms with van der Waals surface area (Å²) in [5.74, 6) is 0.586. The summed E-state index contributed by atoms with van der Waals surface area (Å²) in [6, 6.07) is 3.79. The van der Waals surface area contributed by atoms with Crippen LogP contribution in [0.15, 0.2) is 12.1 Å². The van der Waals surface area contributed by atoms with Crippen LogP contribution in [-0.4, -0.2) is 22.1 Å². The largest absolute Gasteiger partial charge is 0.390 e. The van der Waals surface area contributed by atoms with Crippen molar-refractivity contribution >= 4 is 24.0 Å². The molecule has 13 heavy (non-hydrogen) atoms. The Labute approximate surface area is 87.6 Å². The van der Waals surface area contributed by atoms with E-state index in [-0.39, 0.29) is 0 Å². The van der Waals surface area contributed by atoms with E-state index in [1.807, 2.05) is 19.1 Å². The fourth-order valence-corrected chi connectivity index (χ4v) is 2.28. The van der Waals surface area contributed by atoms with Crippen molar-refractivity contribution in [1.82, 2.24) is 0 Å². The normalized spacial score (nSPS) is 15.7. The van der Waals surface area contributed by atoms with Crippen molar-refractivity contribution in [3.63, 3.8) is 0 Å². The summed E-state index contributed by atoms with van der Waals surface area (Å²) in [4.78, 5) is 1.97. The van der Waals surface area contributed by atoms with Crippen molar-refractivity contribution < 1.29 is 10.2 Å². The summed E-state index contributed by atoms with van der Waals surface area (Å²) in [6.07, 6.45) is -0.942. The molecule has 0 spiro atoms. The predicted molar refractivity (Wildman–Crippen MR) is 58.5 cm³/mol. The van der Waals surface area contributed by atoms with E-state index in [0.29, 0.717) is 12.2 Å². The Morgan fingerprint density at radius 1 is 1.46 bits per heavy atom. The van der Waals surface area contributed by atoms with Gasteiger partial charge in [0.15, 0.2) is 0 Å². The summed E-state index contributed by atoms with van der Waals surface area (Å²) < 4.78 is 0. The smallest absolute Gasteiger partial charge is 0.114 e. The highest BCUT2D eigenvalue weighted by Gasteiger charge is 2.18. The summed E-state index contributed by atoms with van der Waals surface area (Å²) in [5, 5.41) is 19.1. The zero-order valence-corrected chi connectivity index (χ0v) is 9.18. The summed E-state index contributed by atoms with van der Waals surface area (Å²) in [5.41, 5.74) is 0. The molecular weight excluding hydrogens is 204 g/mol. The fourth-order valence-electron chi connectivity index (χ4n) is 1.09. The highest BCUT2D eigenvalue weighted by Crippen LogP contribution is 2.26. The Kier molecular flexibility index (Phi) is 4.25. The zero-order valence-electron chi connectivity index (χ0n) is 7.47. The van der Waals surface area contributed by atoms with Gasteiger partial charge in [0, 0.05) is 9.75 Å². The van der Waals surface area contributed by atoms with E-state index in [1.54, 1.807) is 0 Å². The molecule has 2 N–H and O–H groups in total. The molecule has 4 heteroatoms. The molecule has 2 atom stereocenters. The Morgan fingerprint density at radius 3 is 2.62 bits per heavy atom. The van der Waals surface area contributed by atoms with Crippen LogP contribution in [0.5, 0.6) is 0 Å². The molecule has 0 fully saturated rings. The lowest BCUT2D eigenvalue weighted by Crippen LogP contribution is -2.17. The molecule has 0 saturated heterocycles. The van der Waals surface area contributed by atoms with Crippen molar-refractivity contribution in [3.05, 3.63) is 21.9 Å². The van der Waals surface area contributed by atoms with Gasteiger partial charge in [0.2, 0.25) is 0 Å². The summed E-state index contributed by atoms with van der Waals surface area (Å²) in [7, 11) is 0. The van der Waals surface area contributed by atoms with Crippen LogP contribution in [0.3, 0.4) is 0 Å². The third-order valence-corrected chi connectivity index (χ3v) is 3.17. The van der Waals surface area contributed by atoms with E-state index in [0.717, 1.165) is 9.75 Å². The highest BCUT2D eigenvalue weighted by molar-refractivity contribution is 7.80. The standard InChI is InChI=1S/C9H14O2S2/c1-6-2-3-8(13-6)9(11)7(10)4-5-12/h2-3,7,9-12H,4-5H2,1H3. The second-order valence-corrected chi connectivity index (χ2v) is 4.74. The van der Waals surface area contributed by atoms with E-state index >= 15 is 0 Å². The van der Waals surface area contributed by atoms with Gasteiger partial charge >= 0.3 is 0 Å². The van der Waals surface area contributed by atoms with Crippen LogP contribution in [-0.2, 0) is 0 Å². The van der Waals surface area contributed by atoms with Crippen LogP contribution in [0.25, 0.3) is 0 Å². The maximum absolute atomic E-state index is 9.66. The van der Waals surface area contributed by atoms with Gasteiger partial charge in [-0.1, -0.05) is 0 Å². The monoisotopic (exact) mass is 218 g/mol. The third-order valence-electron chi connectivity index (χ3n) is 1.84. The van der Waals surface area contributed by atoms with Crippen molar-refractivity contribution in [2.45, 2.75) is 25.6 Å². The average Bonchev–Trinajstić information content (AvgIpc) is 2.51. The topological polar surface area (TPSA) is 40.5 Å². The lowest BCUT2D eigenvalue weighted by atomic mass is 10.1. The number of thiophene rings is 1. The molecule has 1 heterocycles. The van der Waals surface area contributed by atoms with E-state index < -0.39 is 12.2 Å². The number of aliphatic hydroxyl groups is 2. The Bertz CT molecular complexity index is 260. The first-order valence-corrected chi connectivity index (χ1v) is 5.63. The molecule has 1 aromatic rings. The van der Waals surface area contributed by atoms with Crippen LogP contribution in [0.2, 0.25) is 0 Å². The van der Waals surface area contributed by atoms with Gasteiger partial charge < -0.3 is 10.2 Å². The van der Waals surface area contributed by atoms with Gasteiger partial charge in [0.05, 0.1) is 6.10 Å². The number of thiol groups is 1. The van der Waals surface area contributed by atoms with E-state index in [4.69, 9.17) is 0 Å². The first-order valence-electron chi connectivity index (χ1n) is 4.18. The number of rotatable bonds is 4. The molecule has 0 aliphatic rings. The summed E-state index contributed by atoms with van der Waals surface area (Å²) >= 11 is 5.52. The maximum atomic E-state index is 9.66. The van der Waals surface area contributed by atoms with E-state index in [9.17, 15) is 10.2 Å². The first-order chi connectivity index (χ1) is 6.15. The quantitative estimate of drug-likeness (QED) is 0.674. The second-order valence-electron chi connectivity index (χ2n) is 2.97. The molecule has 2 unspecified atom stereocenters. The molecule has 0 saturated carbocycles. The van der Waals surface area contributed by atoms with Crippen LogP contribution < -0.4 is 0 Å². The molecule has 1 rings (SSSR count). The minimum absolute atomic E-state index is 0.515. The molecule has 0 amide bonds. The molecule has 0 aromatic carbocycles. The molecule has 74 valence electrons. The van der Waals surface area contributed by atoms with E-state index in [1.165, 1.54) is 11.3 Å². The number of hydrogen-bond acceptors (Lipinski definition) is 4. The number of aliphatic hydroxyl groups excluding tert-OH is 2. The maximum Gasteiger partial charge on any atom is 0.114 e. The first kappa shape index (κ1) is 11.0. The lowest BCUT2D eigenvalue weighted by Gasteiger charge is -2.14. The van der Waals surface area contributed by atoms with Gasteiger partial charge in [0.1, 0.15) is 6.10 Å². The Morgan fingerprint density at radius 2 is 2.15 bits per heavy atom. The van der Waals surface area contributed by atoms with Crippen molar-refractivity contribution in [2.75, 3.05) is 5.75 Å². The van der Waals surface area contributed by atoms with Gasteiger partial charge in [-0.15, -0.1) is 11.3 Å². The van der Waals surface area contributed by atoms with Gasteiger partial charge in [0.25, 0.3) is 0 Å². The summed E-state index contributed by atoms with van der Waals surface area (Å²) in [6.45, 7) is 1.98. The van der Waals surface area contributed by atoms with Crippen molar-refractivity contribution in [1.29, 1.82) is 0 Å². The predicted octanol–water partition coefficient (Wildman–Crippen LogP) is 1.77. The molecule has 0 aliphatic heterocycles. The molecule has 0 aliphatic carbocycles. The number of aryl methyl sites for hydroxylation is 1. The van der Waals surface area contributed by atoms with Crippen molar-refractivity contribution in [2.24, 2.45) is 0 Å². The third kappa shape index (κ3) is 2.98. The Balaban J connectivity index is 2.61. The second kappa shape index (κ2) is 5.00. The lowest BCUT2D eigenvalue weighted by molar-refractivity contribution is 0.0194. The highest BCUT2D eigenvalue weighted by atomic mass is 32.1.